The van der Waals surface area contributed by atoms with Gasteiger partial charge in [0.05, 0.1) is 0 Å². The van der Waals surface area contributed by atoms with Crippen LogP contribution in [0.3, 0.4) is 0 Å². The highest BCUT2D eigenvalue weighted by atomic mass is 16.1. The number of hydrogen-bond acceptors (Lipinski definition) is 2. The molecule has 0 fully saturated rings. The minimum Gasteiger partial charge on any atom is -0.313 e. The molecular weight excluding hydrogens is 162 g/mol. The minimum absolute atomic E-state index is 0.658. The topological polar surface area (TPSA) is 29.1 Å². The molecule has 0 aliphatic carbocycles. The first-order valence-corrected chi connectivity index (χ1v) is 4.55. The van der Waals surface area contributed by atoms with E-state index in [1.165, 1.54) is 0 Å². The summed E-state index contributed by atoms with van der Waals surface area (Å²) in [6.45, 7) is 3.84. The average molecular weight is 176 g/mol. The van der Waals surface area contributed by atoms with Gasteiger partial charge in [0.25, 0.3) is 0 Å². The van der Waals surface area contributed by atoms with Crippen molar-refractivity contribution >= 4 is 6.29 Å². The van der Waals surface area contributed by atoms with E-state index in [4.69, 9.17) is 0 Å². The summed E-state index contributed by atoms with van der Waals surface area (Å²) in [5.41, 5.74) is 1.68. The molecule has 1 N–H and O–H groups in total. The monoisotopic (exact) mass is 176 g/mol. The van der Waals surface area contributed by atoms with Crippen LogP contribution >= 0.6 is 0 Å². The Labute approximate surface area is 79.0 Å². The quantitative estimate of drug-likeness (QED) is 0.691. The lowest BCUT2D eigenvalue weighted by Crippen LogP contribution is -2.14. The molecule has 2 heteroatoms. The van der Waals surface area contributed by atoms with Crippen molar-refractivity contribution < 1.29 is 4.79 Å². The van der Waals surface area contributed by atoms with Crippen LogP contribution in [0.4, 0.5) is 0 Å². The van der Waals surface area contributed by atoms with E-state index in [-0.39, 0.29) is 0 Å². The molecule has 13 heavy (non-hydrogen) atoms. The summed E-state index contributed by atoms with van der Waals surface area (Å²) in [7, 11) is 0. The minimum atomic E-state index is 0.658. The Kier molecular flexibility index (Phi) is 4.19. The second-order valence-corrected chi connectivity index (χ2v) is 2.94. The second kappa shape index (κ2) is 5.49. The van der Waals surface area contributed by atoms with E-state index in [9.17, 15) is 4.79 Å². The largest absolute Gasteiger partial charge is 0.313 e. The molecule has 0 saturated heterocycles. The highest BCUT2D eigenvalue weighted by Crippen LogP contribution is 2.04. The van der Waals surface area contributed by atoms with E-state index in [0.29, 0.717) is 5.56 Å². The third kappa shape index (κ3) is 2.99. The molecule has 0 bridgehead atoms. The summed E-state index contributed by atoms with van der Waals surface area (Å²) in [5.74, 6) is 0. The van der Waals surface area contributed by atoms with Gasteiger partial charge in [-0.2, -0.15) is 0 Å². The van der Waals surface area contributed by atoms with Crippen molar-refractivity contribution in [2.45, 2.75) is 19.9 Å². The molecule has 1 rings (SSSR count). The smallest absolute Gasteiger partial charge is 0.233 e. The maximum Gasteiger partial charge on any atom is 0.233 e. The number of hydrogen-bond donors (Lipinski definition) is 1. The summed E-state index contributed by atoms with van der Waals surface area (Å²) >= 11 is 0. The predicted octanol–water partition coefficient (Wildman–Crippen LogP) is 1.64. The summed E-state index contributed by atoms with van der Waals surface area (Å²) in [6, 6.07) is 7.52. The van der Waals surface area contributed by atoms with Gasteiger partial charge in [-0.05, 0) is 18.5 Å². The normalized spacial score (nSPS) is 9.92. The molecule has 0 spiro atoms. The first-order valence-electron chi connectivity index (χ1n) is 4.55. The lowest BCUT2D eigenvalue weighted by molar-refractivity contribution is 0.562. The van der Waals surface area contributed by atoms with Crippen molar-refractivity contribution in [3.8, 4) is 0 Å². The Morgan fingerprint density at radius 2 is 2.15 bits per heavy atom. The zero-order chi connectivity index (χ0) is 9.52. The van der Waals surface area contributed by atoms with E-state index in [1.807, 2.05) is 24.5 Å². The van der Waals surface area contributed by atoms with Crippen LogP contribution in [-0.4, -0.2) is 12.8 Å². The maximum absolute atomic E-state index is 10.5. The van der Waals surface area contributed by atoms with Gasteiger partial charge < -0.3 is 5.32 Å². The van der Waals surface area contributed by atoms with Crippen LogP contribution in [-0.2, 0) is 11.3 Å². The van der Waals surface area contributed by atoms with E-state index in [2.05, 4.69) is 12.2 Å². The molecule has 0 atom stereocenters. The molecule has 0 saturated carbocycles. The fourth-order valence-corrected chi connectivity index (χ4v) is 1.17. The molecule has 1 aromatic rings. The lowest BCUT2D eigenvalue weighted by Gasteiger charge is -2.04. The Hall–Kier alpha value is -1.15. The van der Waals surface area contributed by atoms with E-state index in [0.717, 1.165) is 25.1 Å². The van der Waals surface area contributed by atoms with Crippen LogP contribution in [0.25, 0.3) is 0 Å². The first kappa shape index (κ1) is 9.93. The van der Waals surface area contributed by atoms with Crippen molar-refractivity contribution in [2.75, 3.05) is 6.54 Å². The van der Waals surface area contributed by atoms with Gasteiger partial charge in [0, 0.05) is 12.1 Å². The van der Waals surface area contributed by atoms with Gasteiger partial charge in [0.15, 0.2) is 0 Å². The van der Waals surface area contributed by atoms with Crippen LogP contribution in [0.2, 0.25) is 0 Å². The molecule has 1 aromatic carbocycles. The Morgan fingerprint density at radius 1 is 1.38 bits per heavy atom. The van der Waals surface area contributed by atoms with Crippen molar-refractivity contribution in [3.63, 3.8) is 0 Å². The van der Waals surface area contributed by atoms with E-state index >= 15 is 0 Å². The summed E-state index contributed by atoms with van der Waals surface area (Å²) in [6.07, 6.45) is 3.04. The van der Waals surface area contributed by atoms with Crippen molar-refractivity contribution in [1.29, 1.82) is 0 Å². The SMILES string of the molecule is CCCNCc1ccccc1[C]=O. The third-order valence-corrected chi connectivity index (χ3v) is 1.87. The molecule has 1 radical (unpaired) electrons. The van der Waals surface area contributed by atoms with E-state index < -0.39 is 0 Å². The fraction of sp³-hybridized carbons (Fsp3) is 0.364. The second-order valence-electron chi connectivity index (χ2n) is 2.94. The molecule has 0 heterocycles. The number of rotatable bonds is 5. The summed E-state index contributed by atoms with van der Waals surface area (Å²) in [5, 5.41) is 3.25. The number of benzene rings is 1. The van der Waals surface area contributed by atoms with Crippen molar-refractivity contribution in [2.24, 2.45) is 0 Å². The lowest BCUT2D eigenvalue weighted by atomic mass is 10.1. The van der Waals surface area contributed by atoms with Gasteiger partial charge in [-0.1, -0.05) is 31.2 Å². The summed E-state index contributed by atoms with van der Waals surface area (Å²) in [4.78, 5) is 10.5. The number of nitrogens with one attached hydrogen (secondary N) is 1. The molecule has 2 nitrogen and oxygen atoms in total. The van der Waals surface area contributed by atoms with Gasteiger partial charge in [-0.25, -0.2) is 0 Å². The first-order chi connectivity index (χ1) is 6.38. The van der Waals surface area contributed by atoms with Gasteiger partial charge >= 0.3 is 0 Å². The molecule has 0 amide bonds. The molecular formula is C11H14NO. The Morgan fingerprint density at radius 3 is 2.85 bits per heavy atom. The third-order valence-electron chi connectivity index (χ3n) is 1.87. The maximum atomic E-state index is 10.5. The van der Waals surface area contributed by atoms with Crippen LogP contribution in [0.1, 0.15) is 24.5 Å². The molecule has 69 valence electrons. The van der Waals surface area contributed by atoms with Crippen molar-refractivity contribution in [1.82, 2.24) is 5.32 Å². The molecule has 0 aromatic heterocycles. The number of carbonyl (C=O) groups excluding carboxylic acids is 1. The summed E-state index contributed by atoms with van der Waals surface area (Å²) < 4.78 is 0. The zero-order valence-electron chi connectivity index (χ0n) is 7.84. The van der Waals surface area contributed by atoms with Crippen LogP contribution < -0.4 is 5.32 Å². The Bertz CT molecular complexity index is 271. The van der Waals surface area contributed by atoms with Gasteiger partial charge in [-0.15, -0.1) is 0 Å². The Balaban J connectivity index is 2.59. The highest BCUT2D eigenvalue weighted by Gasteiger charge is 1.99. The van der Waals surface area contributed by atoms with E-state index in [1.54, 1.807) is 6.07 Å². The fourth-order valence-electron chi connectivity index (χ4n) is 1.17. The van der Waals surface area contributed by atoms with Crippen LogP contribution in [0.15, 0.2) is 24.3 Å². The van der Waals surface area contributed by atoms with Crippen LogP contribution in [0.5, 0.6) is 0 Å². The van der Waals surface area contributed by atoms with Gasteiger partial charge in [0.2, 0.25) is 6.29 Å². The molecule has 0 aliphatic rings. The van der Waals surface area contributed by atoms with Gasteiger partial charge in [0.1, 0.15) is 0 Å². The highest BCUT2D eigenvalue weighted by molar-refractivity contribution is 5.77. The van der Waals surface area contributed by atoms with Crippen LogP contribution in [0, 0.1) is 0 Å². The molecule has 0 aliphatic heterocycles. The average Bonchev–Trinajstić information content (AvgIpc) is 2.19. The van der Waals surface area contributed by atoms with Gasteiger partial charge in [-0.3, -0.25) is 4.79 Å². The zero-order valence-corrected chi connectivity index (χ0v) is 7.84. The van der Waals surface area contributed by atoms with Crippen molar-refractivity contribution in [3.05, 3.63) is 35.4 Å². The predicted molar refractivity (Wildman–Crippen MR) is 53.2 cm³/mol. The molecule has 0 unspecified atom stereocenters. The standard InChI is InChI=1S/C11H14NO/c1-2-7-12-8-10-5-3-4-6-11(10)9-13/h3-6,12H,2,7-8H2,1H3.